The smallest absolute Gasteiger partial charge is 0.237 e. The molecule has 0 aliphatic carbocycles. The molecule has 15 heavy (non-hydrogen) atoms. The van der Waals surface area contributed by atoms with Gasteiger partial charge in [0.25, 0.3) is 0 Å². The molecule has 2 atom stereocenters. The van der Waals surface area contributed by atoms with Crippen molar-refractivity contribution in [2.24, 2.45) is 11.5 Å². The number of rotatable bonds is 5. The topological polar surface area (TPSA) is 81.6 Å². The van der Waals surface area contributed by atoms with Crippen molar-refractivity contribution in [1.29, 1.82) is 0 Å². The SMILES string of the molecule is COC1CCN(CCC(C)(N)C(N)=O)C1. The summed E-state index contributed by atoms with van der Waals surface area (Å²) >= 11 is 0. The molecule has 2 unspecified atom stereocenters. The van der Waals surface area contributed by atoms with Crippen LogP contribution in [0.4, 0.5) is 0 Å². The lowest BCUT2D eigenvalue weighted by molar-refractivity contribution is -0.122. The zero-order valence-corrected chi connectivity index (χ0v) is 9.53. The summed E-state index contributed by atoms with van der Waals surface area (Å²) < 4.78 is 5.26. The van der Waals surface area contributed by atoms with Crippen LogP contribution in [0.25, 0.3) is 0 Å². The van der Waals surface area contributed by atoms with E-state index in [-0.39, 0.29) is 0 Å². The first-order chi connectivity index (χ1) is 6.95. The molecule has 1 aliphatic rings. The third-order valence-corrected chi connectivity index (χ3v) is 3.07. The molecule has 1 saturated heterocycles. The number of nitrogens with two attached hydrogens (primary N) is 2. The van der Waals surface area contributed by atoms with E-state index < -0.39 is 11.4 Å². The zero-order valence-electron chi connectivity index (χ0n) is 9.53. The number of hydrogen-bond donors (Lipinski definition) is 2. The molecule has 1 amide bonds. The Kier molecular flexibility index (Phi) is 4.07. The summed E-state index contributed by atoms with van der Waals surface area (Å²) in [6.45, 7) is 4.41. The molecule has 88 valence electrons. The summed E-state index contributed by atoms with van der Waals surface area (Å²) in [4.78, 5) is 13.3. The van der Waals surface area contributed by atoms with Gasteiger partial charge in [-0.3, -0.25) is 4.79 Å². The number of carbonyl (C=O) groups is 1. The second-order valence-corrected chi connectivity index (χ2v) is 4.48. The number of nitrogens with zero attached hydrogens (tertiary/aromatic N) is 1. The lowest BCUT2D eigenvalue weighted by Gasteiger charge is -2.24. The fourth-order valence-corrected chi connectivity index (χ4v) is 1.71. The Hall–Kier alpha value is -0.650. The molecule has 1 aliphatic heterocycles. The maximum Gasteiger partial charge on any atom is 0.237 e. The van der Waals surface area contributed by atoms with E-state index in [9.17, 15) is 4.79 Å². The number of methoxy groups -OCH3 is 1. The van der Waals surface area contributed by atoms with Crippen molar-refractivity contribution in [3.63, 3.8) is 0 Å². The molecule has 0 spiro atoms. The Labute approximate surface area is 90.7 Å². The van der Waals surface area contributed by atoms with E-state index in [0.717, 1.165) is 26.1 Å². The van der Waals surface area contributed by atoms with E-state index in [0.29, 0.717) is 12.5 Å². The monoisotopic (exact) mass is 215 g/mol. The van der Waals surface area contributed by atoms with Crippen LogP contribution in [0, 0.1) is 0 Å². The van der Waals surface area contributed by atoms with Gasteiger partial charge in [0, 0.05) is 26.7 Å². The Balaban J connectivity index is 2.29. The Bertz CT molecular complexity index is 231. The van der Waals surface area contributed by atoms with Gasteiger partial charge in [-0.1, -0.05) is 0 Å². The molecular formula is C10H21N3O2. The number of primary amides is 1. The molecule has 5 nitrogen and oxygen atoms in total. The molecule has 1 rings (SSSR count). The van der Waals surface area contributed by atoms with Crippen molar-refractivity contribution in [1.82, 2.24) is 4.90 Å². The first-order valence-corrected chi connectivity index (χ1v) is 5.29. The number of amides is 1. The molecule has 0 aromatic heterocycles. The number of ether oxygens (including phenoxy) is 1. The highest BCUT2D eigenvalue weighted by molar-refractivity contribution is 5.83. The normalized spacial score (nSPS) is 26.5. The van der Waals surface area contributed by atoms with Crippen molar-refractivity contribution < 1.29 is 9.53 Å². The fraction of sp³-hybridized carbons (Fsp3) is 0.900. The molecular weight excluding hydrogens is 194 g/mol. The van der Waals surface area contributed by atoms with Crippen LogP contribution < -0.4 is 11.5 Å². The van der Waals surface area contributed by atoms with Gasteiger partial charge in [0.2, 0.25) is 5.91 Å². The molecule has 0 aromatic carbocycles. The third-order valence-electron chi connectivity index (χ3n) is 3.07. The van der Waals surface area contributed by atoms with Crippen LogP contribution in [0.5, 0.6) is 0 Å². The van der Waals surface area contributed by atoms with E-state index >= 15 is 0 Å². The molecule has 0 aromatic rings. The summed E-state index contributed by atoms with van der Waals surface area (Å²) in [5.41, 5.74) is 10.1. The van der Waals surface area contributed by atoms with E-state index in [4.69, 9.17) is 16.2 Å². The lowest BCUT2D eigenvalue weighted by Crippen LogP contribution is -2.51. The first-order valence-electron chi connectivity index (χ1n) is 5.29. The predicted molar refractivity (Wildman–Crippen MR) is 58.3 cm³/mol. The van der Waals surface area contributed by atoms with Crippen LogP contribution in [0.2, 0.25) is 0 Å². The first kappa shape index (κ1) is 12.4. The molecule has 1 heterocycles. The van der Waals surface area contributed by atoms with Crippen molar-refractivity contribution in [3.05, 3.63) is 0 Å². The van der Waals surface area contributed by atoms with Gasteiger partial charge in [-0.25, -0.2) is 0 Å². The zero-order chi connectivity index (χ0) is 11.5. The van der Waals surface area contributed by atoms with Gasteiger partial charge in [-0.2, -0.15) is 0 Å². The highest BCUT2D eigenvalue weighted by Crippen LogP contribution is 2.14. The molecule has 4 N–H and O–H groups in total. The van der Waals surface area contributed by atoms with E-state index in [1.165, 1.54) is 0 Å². The van der Waals surface area contributed by atoms with Crippen LogP contribution >= 0.6 is 0 Å². The van der Waals surface area contributed by atoms with Gasteiger partial charge in [0.05, 0.1) is 11.6 Å². The summed E-state index contributed by atoms with van der Waals surface area (Å²) in [6, 6.07) is 0. The summed E-state index contributed by atoms with van der Waals surface area (Å²) in [7, 11) is 1.73. The second-order valence-electron chi connectivity index (χ2n) is 4.48. The van der Waals surface area contributed by atoms with Crippen molar-refractivity contribution in [2.45, 2.75) is 31.4 Å². The van der Waals surface area contributed by atoms with Gasteiger partial charge >= 0.3 is 0 Å². The highest BCUT2D eigenvalue weighted by atomic mass is 16.5. The van der Waals surface area contributed by atoms with E-state index in [1.807, 2.05) is 0 Å². The number of likely N-dealkylation sites (tertiary alicyclic amines) is 1. The average molecular weight is 215 g/mol. The maximum absolute atomic E-state index is 11.0. The van der Waals surface area contributed by atoms with Crippen molar-refractivity contribution >= 4 is 5.91 Å². The minimum Gasteiger partial charge on any atom is -0.380 e. The quantitative estimate of drug-likeness (QED) is 0.635. The van der Waals surface area contributed by atoms with E-state index in [1.54, 1.807) is 14.0 Å². The van der Waals surface area contributed by atoms with Crippen molar-refractivity contribution in [2.75, 3.05) is 26.7 Å². The molecule has 0 saturated carbocycles. The van der Waals surface area contributed by atoms with Crippen LogP contribution in [-0.2, 0) is 9.53 Å². The minimum absolute atomic E-state index is 0.322. The van der Waals surface area contributed by atoms with Gasteiger partial charge in [-0.05, 0) is 19.8 Å². The van der Waals surface area contributed by atoms with Gasteiger partial charge in [0.15, 0.2) is 0 Å². The molecule has 1 fully saturated rings. The fourth-order valence-electron chi connectivity index (χ4n) is 1.71. The number of carbonyl (C=O) groups excluding carboxylic acids is 1. The maximum atomic E-state index is 11.0. The average Bonchev–Trinajstić information content (AvgIpc) is 2.62. The van der Waals surface area contributed by atoms with Crippen LogP contribution in [0.15, 0.2) is 0 Å². The largest absolute Gasteiger partial charge is 0.380 e. The van der Waals surface area contributed by atoms with Crippen LogP contribution in [0.1, 0.15) is 19.8 Å². The van der Waals surface area contributed by atoms with Crippen LogP contribution in [0.3, 0.4) is 0 Å². The minimum atomic E-state index is -0.898. The van der Waals surface area contributed by atoms with E-state index in [2.05, 4.69) is 4.90 Å². The highest BCUT2D eigenvalue weighted by Gasteiger charge is 2.28. The second kappa shape index (κ2) is 4.92. The summed E-state index contributed by atoms with van der Waals surface area (Å²) in [5.74, 6) is -0.440. The summed E-state index contributed by atoms with van der Waals surface area (Å²) in [5, 5.41) is 0. The molecule has 0 bridgehead atoms. The summed E-state index contributed by atoms with van der Waals surface area (Å²) in [6.07, 6.45) is 1.97. The van der Waals surface area contributed by atoms with Gasteiger partial charge in [0.1, 0.15) is 0 Å². The van der Waals surface area contributed by atoms with Crippen LogP contribution in [-0.4, -0.2) is 49.2 Å². The Morgan fingerprint density at radius 3 is 2.80 bits per heavy atom. The Morgan fingerprint density at radius 2 is 2.33 bits per heavy atom. The number of hydrogen-bond acceptors (Lipinski definition) is 4. The standard InChI is InChI=1S/C10H21N3O2/c1-10(12,9(11)14)4-6-13-5-3-8(7-13)15-2/h8H,3-7,12H2,1-2H3,(H2,11,14). The van der Waals surface area contributed by atoms with Crippen molar-refractivity contribution in [3.8, 4) is 0 Å². The predicted octanol–water partition coefficient (Wildman–Crippen LogP) is -0.700. The lowest BCUT2D eigenvalue weighted by atomic mass is 9.98. The molecule has 0 radical (unpaired) electrons. The molecule has 5 heteroatoms. The van der Waals surface area contributed by atoms with Gasteiger partial charge in [-0.15, -0.1) is 0 Å². The Morgan fingerprint density at radius 1 is 1.67 bits per heavy atom. The van der Waals surface area contributed by atoms with Gasteiger partial charge < -0.3 is 21.1 Å². The third kappa shape index (κ3) is 3.44.